The minimum absolute atomic E-state index is 0.0920. The van der Waals surface area contributed by atoms with Gasteiger partial charge in [0.15, 0.2) is 5.16 Å². The van der Waals surface area contributed by atoms with Crippen LogP contribution in [0.3, 0.4) is 0 Å². The number of nitrogens with zero attached hydrogens (tertiary/aromatic N) is 3. The van der Waals surface area contributed by atoms with Gasteiger partial charge in [0.05, 0.1) is 24.2 Å². The SMILES string of the molecule is O=C(Cn1c(SC(F)F)nc2ccccc21)NCc1cccc(OCCN2CCOCC2)c1. The Hall–Kier alpha value is -2.69. The van der Waals surface area contributed by atoms with E-state index in [2.05, 4.69) is 15.2 Å². The van der Waals surface area contributed by atoms with Gasteiger partial charge in [0.2, 0.25) is 5.91 Å². The molecule has 0 aliphatic carbocycles. The van der Waals surface area contributed by atoms with Crippen LogP contribution in [0.5, 0.6) is 5.75 Å². The van der Waals surface area contributed by atoms with Crippen molar-refractivity contribution in [3.05, 3.63) is 54.1 Å². The van der Waals surface area contributed by atoms with Gasteiger partial charge in [-0.2, -0.15) is 8.78 Å². The normalized spacial score (nSPS) is 14.6. The zero-order chi connectivity index (χ0) is 23.0. The van der Waals surface area contributed by atoms with E-state index in [-0.39, 0.29) is 17.6 Å². The molecule has 2 aromatic carbocycles. The molecule has 1 saturated heterocycles. The highest BCUT2D eigenvalue weighted by Crippen LogP contribution is 2.28. The average Bonchev–Trinajstić information content (AvgIpc) is 3.15. The summed E-state index contributed by atoms with van der Waals surface area (Å²) in [5.74, 6) is -2.16. The first kappa shape index (κ1) is 23.5. The third-order valence-corrected chi connectivity index (χ3v) is 5.98. The molecule has 1 amide bonds. The molecule has 7 nitrogen and oxygen atoms in total. The number of thioether (sulfide) groups is 1. The number of rotatable bonds is 10. The second kappa shape index (κ2) is 11.4. The van der Waals surface area contributed by atoms with Crippen molar-refractivity contribution in [1.29, 1.82) is 0 Å². The molecule has 10 heteroatoms. The molecule has 176 valence electrons. The van der Waals surface area contributed by atoms with Crippen LogP contribution in [0.2, 0.25) is 0 Å². The van der Waals surface area contributed by atoms with Gasteiger partial charge in [-0.3, -0.25) is 9.69 Å². The topological polar surface area (TPSA) is 68.6 Å². The maximum Gasteiger partial charge on any atom is 0.291 e. The second-order valence-corrected chi connectivity index (χ2v) is 8.53. The Kier molecular flexibility index (Phi) is 8.14. The number of para-hydroxylation sites is 2. The number of carbonyl (C=O) groups excluding carboxylic acids is 1. The number of amides is 1. The summed E-state index contributed by atoms with van der Waals surface area (Å²) in [4.78, 5) is 19.1. The van der Waals surface area contributed by atoms with E-state index >= 15 is 0 Å². The fourth-order valence-corrected chi connectivity index (χ4v) is 4.24. The van der Waals surface area contributed by atoms with Crippen LogP contribution in [-0.4, -0.2) is 65.6 Å². The van der Waals surface area contributed by atoms with E-state index in [1.165, 1.54) is 4.57 Å². The smallest absolute Gasteiger partial charge is 0.291 e. The van der Waals surface area contributed by atoms with Gasteiger partial charge in [-0.15, -0.1) is 0 Å². The molecule has 1 aromatic heterocycles. The number of hydrogen-bond acceptors (Lipinski definition) is 6. The predicted octanol–water partition coefficient (Wildman–Crippen LogP) is 3.38. The molecule has 33 heavy (non-hydrogen) atoms. The molecule has 1 aliphatic rings. The summed E-state index contributed by atoms with van der Waals surface area (Å²) in [7, 11) is 0. The van der Waals surface area contributed by atoms with E-state index in [1.807, 2.05) is 24.3 Å². The number of aromatic nitrogens is 2. The number of fused-ring (bicyclic) bond motifs is 1. The summed E-state index contributed by atoms with van der Waals surface area (Å²) in [5.41, 5.74) is 2.12. The number of benzene rings is 2. The molecule has 0 saturated carbocycles. The van der Waals surface area contributed by atoms with Crippen molar-refractivity contribution in [2.45, 2.75) is 24.0 Å². The molecule has 0 bridgehead atoms. The largest absolute Gasteiger partial charge is 0.492 e. The van der Waals surface area contributed by atoms with Crippen molar-refractivity contribution >= 4 is 28.7 Å². The number of alkyl halides is 2. The predicted molar refractivity (Wildman–Crippen MR) is 123 cm³/mol. The van der Waals surface area contributed by atoms with Gasteiger partial charge in [-0.1, -0.05) is 24.3 Å². The lowest BCUT2D eigenvalue weighted by molar-refractivity contribution is -0.121. The van der Waals surface area contributed by atoms with Crippen LogP contribution in [0, 0.1) is 0 Å². The zero-order valence-electron chi connectivity index (χ0n) is 18.1. The first-order valence-electron chi connectivity index (χ1n) is 10.8. The van der Waals surface area contributed by atoms with Crippen molar-refractivity contribution in [2.24, 2.45) is 0 Å². The third kappa shape index (κ3) is 6.66. The van der Waals surface area contributed by atoms with Gasteiger partial charge >= 0.3 is 0 Å². The number of halogens is 2. The lowest BCUT2D eigenvalue weighted by Crippen LogP contribution is -2.38. The first-order valence-corrected chi connectivity index (χ1v) is 11.6. The van der Waals surface area contributed by atoms with Crippen molar-refractivity contribution in [2.75, 3.05) is 39.5 Å². The Morgan fingerprint density at radius 3 is 2.82 bits per heavy atom. The number of imidazole rings is 1. The van der Waals surface area contributed by atoms with Gasteiger partial charge in [-0.25, -0.2) is 4.98 Å². The molecule has 2 heterocycles. The molecule has 1 aliphatic heterocycles. The van der Waals surface area contributed by atoms with Crippen LogP contribution in [0.15, 0.2) is 53.7 Å². The molecular formula is C23H26F2N4O3S. The summed E-state index contributed by atoms with van der Waals surface area (Å²) in [6, 6.07) is 14.6. The van der Waals surface area contributed by atoms with Gasteiger partial charge in [0, 0.05) is 26.2 Å². The van der Waals surface area contributed by atoms with Crippen LogP contribution >= 0.6 is 11.8 Å². The third-order valence-electron chi connectivity index (χ3n) is 5.28. The van der Waals surface area contributed by atoms with Gasteiger partial charge < -0.3 is 19.4 Å². The quantitative estimate of drug-likeness (QED) is 0.453. The van der Waals surface area contributed by atoms with Gasteiger partial charge in [0.25, 0.3) is 5.76 Å². The Balaban J connectivity index is 1.31. The van der Waals surface area contributed by atoms with Gasteiger partial charge in [-0.05, 0) is 41.6 Å². The van der Waals surface area contributed by atoms with Gasteiger partial charge in [0.1, 0.15) is 18.9 Å². The Bertz CT molecular complexity index is 1070. The number of carbonyl (C=O) groups is 1. The lowest BCUT2D eigenvalue weighted by Gasteiger charge is -2.26. The monoisotopic (exact) mass is 476 g/mol. The first-order chi connectivity index (χ1) is 16.1. The second-order valence-electron chi connectivity index (χ2n) is 7.57. The highest BCUT2D eigenvalue weighted by Gasteiger charge is 2.17. The summed E-state index contributed by atoms with van der Waals surface area (Å²) in [6.45, 7) is 4.97. The minimum Gasteiger partial charge on any atom is -0.492 e. The van der Waals surface area contributed by atoms with Crippen LogP contribution < -0.4 is 10.1 Å². The maximum absolute atomic E-state index is 13.0. The van der Waals surface area contributed by atoms with E-state index in [9.17, 15) is 13.6 Å². The van der Waals surface area contributed by atoms with Crippen LogP contribution in [0.4, 0.5) is 8.78 Å². The molecule has 3 aromatic rings. The maximum atomic E-state index is 13.0. The van der Waals surface area contributed by atoms with Crippen LogP contribution in [-0.2, 0) is 22.6 Å². The highest BCUT2D eigenvalue weighted by atomic mass is 32.2. The summed E-state index contributed by atoms with van der Waals surface area (Å²) in [5, 5.41) is 2.98. The lowest BCUT2D eigenvalue weighted by atomic mass is 10.2. The van der Waals surface area contributed by atoms with Crippen molar-refractivity contribution < 1.29 is 23.0 Å². The molecule has 0 atom stereocenters. The fraction of sp³-hybridized carbons (Fsp3) is 0.391. The van der Waals surface area contributed by atoms with Crippen molar-refractivity contribution in [3.63, 3.8) is 0 Å². The number of nitrogens with one attached hydrogen (secondary N) is 1. The van der Waals surface area contributed by atoms with E-state index in [0.717, 1.165) is 44.2 Å². The van der Waals surface area contributed by atoms with E-state index in [1.54, 1.807) is 24.3 Å². The van der Waals surface area contributed by atoms with Crippen LogP contribution in [0.1, 0.15) is 5.56 Å². The number of hydrogen-bond donors (Lipinski definition) is 1. The molecule has 0 unspecified atom stereocenters. The Labute approximate surface area is 195 Å². The molecule has 0 spiro atoms. The molecule has 1 N–H and O–H groups in total. The number of morpholine rings is 1. The van der Waals surface area contributed by atoms with Crippen molar-refractivity contribution in [1.82, 2.24) is 19.8 Å². The Morgan fingerprint density at radius 1 is 1.18 bits per heavy atom. The molecule has 0 radical (unpaired) electrons. The van der Waals surface area contributed by atoms with Crippen molar-refractivity contribution in [3.8, 4) is 5.75 Å². The standard InChI is InChI=1S/C23H26F2N4O3S/c24-22(25)33-23-27-19-6-1-2-7-20(19)29(23)16-21(30)26-15-17-4-3-5-18(14-17)32-13-10-28-8-11-31-12-9-28/h1-7,14,22H,8-13,15-16H2,(H,26,30). The van der Waals surface area contributed by atoms with Crippen LogP contribution in [0.25, 0.3) is 11.0 Å². The molecule has 4 rings (SSSR count). The summed E-state index contributed by atoms with van der Waals surface area (Å²) < 4.78 is 38.6. The van der Waals surface area contributed by atoms with E-state index in [4.69, 9.17) is 9.47 Å². The minimum atomic E-state index is -2.62. The average molecular weight is 477 g/mol. The fourth-order valence-electron chi connectivity index (χ4n) is 3.64. The van der Waals surface area contributed by atoms with E-state index in [0.29, 0.717) is 35.9 Å². The number of ether oxygens (including phenoxy) is 2. The van der Waals surface area contributed by atoms with E-state index < -0.39 is 5.76 Å². The summed E-state index contributed by atoms with van der Waals surface area (Å²) in [6.07, 6.45) is 0. The zero-order valence-corrected chi connectivity index (χ0v) is 18.9. The Morgan fingerprint density at radius 2 is 2.00 bits per heavy atom. The highest BCUT2D eigenvalue weighted by molar-refractivity contribution is 7.99. The summed E-state index contributed by atoms with van der Waals surface area (Å²) >= 11 is 0.339. The molecular weight excluding hydrogens is 450 g/mol. The molecule has 1 fully saturated rings.